The third-order valence-corrected chi connectivity index (χ3v) is 4.93. The second kappa shape index (κ2) is 7.80. The number of ether oxygens (including phenoxy) is 1. The van der Waals surface area contributed by atoms with Gasteiger partial charge in [-0.1, -0.05) is 6.92 Å². The zero-order valence-electron chi connectivity index (χ0n) is 12.8. The second-order valence-electron chi connectivity index (χ2n) is 5.36. The minimum atomic E-state index is -0.542. The molecule has 1 aromatic heterocycles. The summed E-state index contributed by atoms with van der Waals surface area (Å²) in [7, 11) is 0. The van der Waals surface area contributed by atoms with Crippen LogP contribution in [-0.2, 0) is 9.53 Å². The van der Waals surface area contributed by atoms with E-state index < -0.39 is 5.54 Å². The summed E-state index contributed by atoms with van der Waals surface area (Å²) < 4.78 is 5.37. The molecule has 1 N–H and O–H groups in total. The molecule has 1 aromatic rings. The Hall–Kier alpha value is -1.07. The molecular weight excluding hydrogens is 284 g/mol. The molecule has 1 fully saturated rings. The lowest BCUT2D eigenvalue weighted by Crippen LogP contribution is -2.57. The molecule has 2 rings (SSSR count). The highest BCUT2D eigenvalue weighted by Crippen LogP contribution is 2.43. The SMILES string of the molecule is CCCNC(CSc1ccncc1)(C(=O)OCC)C1CC1. The van der Waals surface area contributed by atoms with Crippen LogP contribution in [0.2, 0.25) is 0 Å². The number of thioether (sulfide) groups is 1. The molecule has 0 aromatic carbocycles. The van der Waals surface area contributed by atoms with Crippen molar-refractivity contribution < 1.29 is 9.53 Å². The van der Waals surface area contributed by atoms with E-state index in [1.807, 2.05) is 19.1 Å². The maximum absolute atomic E-state index is 12.6. The zero-order chi connectivity index (χ0) is 15.1. The van der Waals surface area contributed by atoms with E-state index >= 15 is 0 Å². The molecule has 116 valence electrons. The molecular formula is C16H24N2O2S. The van der Waals surface area contributed by atoms with Crippen LogP contribution in [0.5, 0.6) is 0 Å². The lowest BCUT2D eigenvalue weighted by molar-refractivity contribution is -0.151. The Morgan fingerprint density at radius 3 is 2.71 bits per heavy atom. The molecule has 5 heteroatoms. The fourth-order valence-corrected chi connectivity index (χ4v) is 3.59. The molecule has 0 amide bonds. The van der Waals surface area contributed by atoms with Crippen molar-refractivity contribution in [3.8, 4) is 0 Å². The van der Waals surface area contributed by atoms with Crippen LogP contribution in [0.3, 0.4) is 0 Å². The van der Waals surface area contributed by atoms with Gasteiger partial charge in [-0.2, -0.15) is 0 Å². The predicted molar refractivity (Wildman–Crippen MR) is 85.3 cm³/mol. The van der Waals surface area contributed by atoms with Gasteiger partial charge in [-0.05, 0) is 50.8 Å². The highest BCUT2D eigenvalue weighted by molar-refractivity contribution is 7.99. The van der Waals surface area contributed by atoms with Crippen molar-refractivity contribution in [1.82, 2.24) is 10.3 Å². The minimum Gasteiger partial charge on any atom is -0.465 e. The maximum Gasteiger partial charge on any atom is 0.327 e. The molecule has 0 bridgehead atoms. The lowest BCUT2D eigenvalue weighted by Gasteiger charge is -2.32. The fraction of sp³-hybridized carbons (Fsp3) is 0.625. The molecule has 4 nitrogen and oxygen atoms in total. The number of carbonyl (C=O) groups is 1. The zero-order valence-corrected chi connectivity index (χ0v) is 13.6. The highest BCUT2D eigenvalue weighted by Gasteiger charge is 2.51. The van der Waals surface area contributed by atoms with Crippen LogP contribution in [0.1, 0.15) is 33.1 Å². The quantitative estimate of drug-likeness (QED) is 0.561. The molecule has 0 radical (unpaired) electrons. The van der Waals surface area contributed by atoms with E-state index in [0.717, 1.165) is 30.7 Å². The van der Waals surface area contributed by atoms with Crippen LogP contribution in [-0.4, -0.2) is 35.4 Å². The summed E-state index contributed by atoms with van der Waals surface area (Å²) in [5.74, 6) is 1.01. The number of hydrogen-bond donors (Lipinski definition) is 1. The van der Waals surface area contributed by atoms with Gasteiger partial charge in [-0.15, -0.1) is 11.8 Å². The Labute approximate surface area is 131 Å². The molecule has 1 aliphatic rings. The van der Waals surface area contributed by atoms with E-state index in [2.05, 4.69) is 17.2 Å². The van der Waals surface area contributed by atoms with E-state index in [-0.39, 0.29) is 5.97 Å². The Kier molecular flexibility index (Phi) is 6.06. The highest BCUT2D eigenvalue weighted by atomic mass is 32.2. The van der Waals surface area contributed by atoms with E-state index in [1.165, 1.54) is 0 Å². The Morgan fingerprint density at radius 2 is 2.14 bits per heavy atom. The first-order valence-corrected chi connectivity index (χ1v) is 8.66. The molecule has 1 heterocycles. The first kappa shape index (κ1) is 16.3. The Morgan fingerprint density at radius 1 is 1.43 bits per heavy atom. The van der Waals surface area contributed by atoms with Crippen LogP contribution >= 0.6 is 11.8 Å². The average molecular weight is 308 g/mol. The van der Waals surface area contributed by atoms with Gasteiger partial charge >= 0.3 is 5.97 Å². The van der Waals surface area contributed by atoms with Gasteiger partial charge < -0.3 is 10.1 Å². The van der Waals surface area contributed by atoms with Crippen LogP contribution in [0.15, 0.2) is 29.4 Å². The van der Waals surface area contributed by atoms with Gasteiger partial charge in [0.05, 0.1) is 6.61 Å². The van der Waals surface area contributed by atoms with E-state index in [9.17, 15) is 4.79 Å². The summed E-state index contributed by atoms with van der Waals surface area (Å²) in [5, 5.41) is 3.49. The van der Waals surface area contributed by atoms with Gasteiger partial charge in [0, 0.05) is 23.0 Å². The largest absolute Gasteiger partial charge is 0.465 e. The summed E-state index contributed by atoms with van der Waals surface area (Å²) in [5.41, 5.74) is -0.542. The van der Waals surface area contributed by atoms with Crippen molar-refractivity contribution in [2.24, 2.45) is 5.92 Å². The molecule has 21 heavy (non-hydrogen) atoms. The number of esters is 1. The van der Waals surface area contributed by atoms with Crippen molar-refractivity contribution in [2.45, 2.75) is 43.5 Å². The first-order valence-electron chi connectivity index (χ1n) is 7.68. The van der Waals surface area contributed by atoms with Crippen LogP contribution in [0.25, 0.3) is 0 Å². The van der Waals surface area contributed by atoms with Crippen molar-refractivity contribution >= 4 is 17.7 Å². The van der Waals surface area contributed by atoms with Gasteiger partial charge in [-0.25, -0.2) is 0 Å². The van der Waals surface area contributed by atoms with Crippen LogP contribution in [0, 0.1) is 5.92 Å². The van der Waals surface area contributed by atoms with E-state index in [0.29, 0.717) is 18.3 Å². The Balaban J connectivity index is 2.11. The normalized spacial score (nSPS) is 17.2. The van der Waals surface area contributed by atoms with Crippen LogP contribution in [0.4, 0.5) is 0 Å². The molecule has 1 saturated carbocycles. The standard InChI is InChI=1S/C16H24N2O2S/c1-3-9-18-16(13-5-6-13,15(19)20-4-2)12-21-14-7-10-17-11-8-14/h7-8,10-11,13,18H,3-6,9,12H2,1-2H3. The summed E-state index contributed by atoms with van der Waals surface area (Å²) in [6, 6.07) is 3.96. The topological polar surface area (TPSA) is 51.2 Å². The minimum absolute atomic E-state index is 0.0949. The van der Waals surface area contributed by atoms with Crippen molar-refractivity contribution in [3.05, 3.63) is 24.5 Å². The molecule has 1 aliphatic carbocycles. The maximum atomic E-state index is 12.6. The van der Waals surface area contributed by atoms with Gasteiger partial charge in [-0.3, -0.25) is 9.78 Å². The summed E-state index contributed by atoms with van der Waals surface area (Å²) in [6.07, 6.45) is 6.78. The number of rotatable bonds is 9. The van der Waals surface area contributed by atoms with Crippen molar-refractivity contribution in [1.29, 1.82) is 0 Å². The number of carbonyl (C=O) groups excluding carboxylic acids is 1. The summed E-state index contributed by atoms with van der Waals surface area (Å²) >= 11 is 1.70. The number of nitrogens with one attached hydrogen (secondary N) is 1. The van der Waals surface area contributed by atoms with Crippen molar-refractivity contribution in [2.75, 3.05) is 18.9 Å². The third kappa shape index (κ3) is 4.20. The molecule has 0 saturated heterocycles. The smallest absolute Gasteiger partial charge is 0.327 e. The fourth-order valence-electron chi connectivity index (χ4n) is 2.43. The molecule has 0 spiro atoms. The summed E-state index contributed by atoms with van der Waals surface area (Å²) in [4.78, 5) is 17.7. The molecule has 0 aliphatic heterocycles. The van der Waals surface area contributed by atoms with Gasteiger partial charge in [0.2, 0.25) is 0 Å². The monoisotopic (exact) mass is 308 g/mol. The lowest BCUT2D eigenvalue weighted by atomic mass is 9.95. The van der Waals surface area contributed by atoms with E-state index in [1.54, 1.807) is 24.2 Å². The second-order valence-corrected chi connectivity index (χ2v) is 6.41. The van der Waals surface area contributed by atoms with Gasteiger partial charge in [0.15, 0.2) is 0 Å². The van der Waals surface area contributed by atoms with Crippen LogP contribution < -0.4 is 5.32 Å². The van der Waals surface area contributed by atoms with Gasteiger partial charge in [0.25, 0.3) is 0 Å². The van der Waals surface area contributed by atoms with Crippen molar-refractivity contribution in [3.63, 3.8) is 0 Å². The number of nitrogens with zero attached hydrogens (tertiary/aromatic N) is 1. The van der Waals surface area contributed by atoms with Gasteiger partial charge in [0.1, 0.15) is 5.54 Å². The molecule has 1 atom stereocenters. The summed E-state index contributed by atoms with van der Waals surface area (Å²) in [6.45, 7) is 5.25. The number of aromatic nitrogens is 1. The first-order chi connectivity index (χ1) is 10.2. The average Bonchev–Trinajstić information content (AvgIpc) is 3.34. The predicted octanol–water partition coefficient (Wildman–Crippen LogP) is 2.89. The Bertz CT molecular complexity index is 451. The molecule has 1 unspecified atom stereocenters. The number of hydrogen-bond acceptors (Lipinski definition) is 5. The van der Waals surface area contributed by atoms with E-state index in [4.69, 9.17) is 4.74 Å². The number of pyridine rings is 1. The third-order valence-electron chi connectivity index (χ3n) is 3.72.